The van der Waals surface area contributed by atoms with E-state index in [1.807, 2.05) is 0 Å². The molecule has 2 heterocycles. The maximum atomic E-state index is 12.2. The Kier molecular flexibility index (Phi) is 5.60. The molecule has 2 fully saturated rings. The fourth-order valence-electron chi connectivity index (χ4n) is 2.98. The molecule has 0 radical (unpaired) electrons. The van der Waals surface area contributed by atoms with E-state index in [9.17, 15) is 4.79 Å². The lowest BCUT2D eigenvalue weighted by atomic mass is 9.91. The van der Waals surface area contributed by atoms with Crippen molar-refractivity contribution in [3.05, 3.63) is 0 Å². The highest BCUT2D eigenvalue weighted by Crippen LogP contribution is 2.18. The molecule has 110 valence electrons. The molecule has 2 rings (SSSR count). The zero-order valence-electron chi connectivity index (χ0n) is 11.9. The Morgan fingerprint density at radius 1 is 1.32 bits per heavy atom. The van der Waals surface area contributed by atoms with Crippen molar-refractivity contribution < 1.29 is 9.53 Å². The predicted molar refractivity (Wildman–Crippen MR) is 74.8 cm³/mol. The first kappa shape index (κ1) is 14.8. The summed E-state index contributed by atoms with van der Waals surface area (Å²) in [7, 11) is 0. The molecule has 0 spiro atoms. The molecule has 0 bridgehead atoms. The highest BCUT2D eigenvalue weighted by atomic mass is 16.5. The van der Waals surface area contributed by atoms with Crippen molar-refractivity contribution in [3.63, 3.8) is 0 Å². The van der Waals surface area contributed by atoms with Gasteiger partial charge in [-0.3, -0.25) is 4.79 Å². The summed E-state index contributed by atoms with van der Waals surface area (Å²) in [6, 6.07) is -0.0608. The second-order valence-electron chi connectivity index (χ2n) is 5.69. The molecule has 0 saturated carbocycles. The van der Waals surface area contributed by atoms with Crippen LogP contribution in [0.15, 0.2) is 0 Å². The van der Waals surface area contributed by atoms with Gasteiger partial charge in [-0.1, -0.05) is 6.92 Å². The molecule has 0 aromatic carbocycles. The molecule has 0 aromatic rings. The van der Waals surface area contributed by atoms with Crippen molar-refractivity contribution in [3.8, 4) is 0 Å². The summed E-state index contributed by atoms with van der Waals surface area (Å²) in [5.74, 6) is 0.311. The van der Waals surface area contributed by atoms with Crippen molar-refractivity contribution in [2.24, 2.45) is 11.7 Å². The number of carbonyl (C=O) groups excluding carboxylic acids is 1. The molecule has 3 N–H and O–H groups in total. The highest BCUT2D eigenvalue weighted by Gasteiger charge is 2.28. The Morgan fingerprint density at radius 2 is 1.95 bits per heavy atom. The predicted octanol–water partition coefficient (Wildman–Crippen LogP) is 0.341. The number of hydrogen-bond acceptors (Lipinski definition) is 4. The van der Waals surface area contributed by atoms with Crippen LogP contribution >= 0.6 is 0 Å². The van der Waals surface area contributed by atoms with Gasteiger partial charge in [0, 0.05) is 32.3 Å². The number of hydrogen-bond donors (Lipinski definition) is 2. The number of ether oxygens (including phenoxy) is 1. The molecule has 19 heavy (non-hydrogen) atoms. The van der Waals surface area contributed by atoms with Crippen LogP contribution in [0.25, 0.3) is 0 Å². The number of nitrogens with two attached hydrogens (primary N) is 1. The fourth-order valence-corrected chi connectivity index (χ4v) is 2.98. The monoisotopic (exact) mass is 269 g/mol. The molecule has 5 nitrogen and oxygen atoms in total. The molecule has 2 aliphatic rings. The first-order valence-electron chi connectivity index (χ1n) is 7.56. The highest BCUT2D eigenvalue weighted by molar-refractivity contribution is 5.82. The number of piperidine rings is 1. The lowest BCUT2D eigenvalue weighted by Gasteiger charge is -2.33. The van der Waals surface area contributed by atoms with E-state index in [1.165, 1.54) is 0 Å². The van der Waals surface area contributed by atoms with Gasteiger partial charge in [0.1, 0.15) is 0 Å². The zero-order valence-corrected chi connectivity index (χ0v) is 11.9. The second kappa shape index (κ2) is 7.22. The number of carbonyl (C=O) groups is 1. The van der Waals surface area contributed by atoms with Crippen LogP contribution < -0.4 is 11.1 Å². The standard InChI is InChI=1S/C14H27N3O2/c1-2-17-7-3-12(4-8-17)16-14(18)13(15)11-5-9-19-10-6-11/h11-13H,2-10,15H2,1H3,(H,16,18). The van der Waals surface area contributed by atoms with E-state index >= 15 is 0 Å². The first-order chi connectivity index (χ1) is 9.20. The van der Waals surface area contributed by atoms with Crippen molar-refractivity contribution in [2.45, 2.75) is 44.7 Å². The zero-order chi connectivity index (χ0) is 13.7. The number of nitrogens with one attached hydrogen (secondary N) is 1. The molecule has 0 aliphatic carbocycles. The van der Waals surface area contributed by atoms with Gasteiger partial charge in [-0.25, -0.2) is 0 Å². The molecule has 0 aromatic heterocycles. The fraction of sp³-hybridized carbons (Fsp3) is 0.929. The number of likely N-dealkylation sites (tertiary alicyclic amines) is 1. The topological polar surface area (TPSA) is 67.6 Å². The van der Waals surface area contributed by atoms with E-state index in [-0.39, 0.29) is 17.9 Å². The summed E-state index contributed by atoms with van der Waals surface area (Å²) >= 11 is 0. The van der Waals surface area contributed by atoms with Crippen LogP contribution in [-0.4, -0.2) is 55.7 Å². The van der Waals surface area contributed by atoms with Crippen LogP contribution in [0.1, 0.15) is 32.6 Å². The van der Waals surface area contributed by atoms with E-state index in [0.717, 1.165) is 58.5 Å². The SMILES string of the molecule is CCN1CCC(NC(=O)C(N)C2CCOCC2)CC1. The summed E-state index contributed by atoms with van der Waals surface area (Å²) in [4.78, 5) is 14.6. The van der Waals surface area contributed by atoms with Gasteiger partial charge in [-0.2, -0.15) is 0 Å². The molecule has 2 saturated heterocycles. The van der Waals surface area contributed by atoms with Crippen LogP contribution in [0.3, 0.4) is 0 Å². The Hall–Kier alpha value is -0.650. The van der Waals surface area contributed by atoms with Crippen molar-refractivity contribution in [1.82, 2.24) is 10.2 Å². The summed E-state index contributed by atoms with van der Waals surface area (Å²) in [5, 5.41) is 3.13. The van der Waals surface area contributed by atoms with E-state index in [1.54, 1.807) is 0 Å². The van der Waals surface area contributed by atoms with Gasteiger partial charge in [0.2, 0.25) is 5.91 Å². The lowest BCUT2D eigenvalue weighted by Crippen LogP contribution is -2.52. The largest absolute Gasteiger partial charge is 0.381 e. The molecule has 1 unspecified atom stereocenters. The van der Waals surface area contributed by atoms with Crippen molar-refractivity contribution in [2.75, 3.05) is 32.8 Å². The molecule has 5 heteroatoms. The minimum absolute atomic E-state index is 0.0295. The molecule has 2 aliphatic heterocycles. The van der Waals surface area contributed by atoms with Gasteiger partial charge >= 0.3 is 0 Å². The van der Waals surface area contributed by atoms with E-state index < -0.39 is 0 Å². The summed E-state index contributed by atoms with van der Waals surface area (Å²) in [6.07, 6.45) is 3.89. The third-order valence-corrected chi connectivity index (χ3v) is 4.46. The quantitative estimate of drug-likeness (QED) is 0.772. The number of nitrogens with zero attached hydrogens (tertiary/aromatic N) is 1. The van der Waals surface area contributed by atoms with Gasteiger partial charge in [-0.15, -0.1) is 0 Å². The van der Waals surface area contributed by atoms with Gasteiger partial charge < -0.3 is 20.7 Å². The first-order valence-corrected chi connectivity index (χ1v) is 7.56. The van der Waals surface area contributed by atoms with Crippen LogP contribution in [-0.2, 0) is 9.53 Å². The average molecular weight is 269 g/mol. The second-order valence-corrected chi connectivity index (χ2v) is 5.69. The van der Waals surface area contributed by atoms with Crippen LogP contribution in [0.5, 0.6) is 0 Å². The Bertz CT molecular complexity index is 284. The summed E-state index contributed by atoms with van der Waals surface area (Å²) in [6.45, 7) is 6.91. The van der Waals surface area contributed by atoms with E-state index in [2.05, 4.69) is 17.1 Å². The molecular weight excluding hydrogens is 242 g/mol. The Balaban J connectivity index is 1.74. The minimum Gasteiger partial charge on any atom is -0.381 e. The molecule has 1 amide bonds. The van der Waals surface area contributed by atoms with E-state index in [0.29, 0.717) is 6.04 Å². The lowest BCUT2D eigenvalue weighted by molar-refractivity contribution is -0.125. The summed E-state index contributed by atoms with van der Waals surface area (Å²) < 4.78 is 5.31. The maximum absolute atomic E-state index is 12.2. The number of rotatable bonds is 4. The Morgan fingerprint density at radius 3 is 2.53 bits per heavy atom. The van der Waals surface area contributed by atoms with E-state index in [4.69, 9.17) is 10.5 Å². The smallest absolute Gasteiger partial charge is 0.237 e. The Labute approximate surface area is 115 Å². The van der Waals surface area contributed by atoms with Crippen LogP contribution in [0.4, 0.5) is 0 Å². The van der Waals surface area contributed by atoms with Crippen LogP contribution in [0.2, 0.25) is 0 Å². The minimum atomic E-state index is -0.367. The third-order valence-electron chi connectivity index (χ3n) is 4.46. The van der Waals surface area contributed by atoms with Gasteiger partial charge in [0.25, 0.3) is 0 Å². The van der Waals surface area contributed by atoms with Crippen molar-refractivity contribution >= 4 is 5.91 Å². The normalized spacial score (nSPS) is 25.2. The third kappa shape index (κ3) is 4.16. The van der Waals surface area contributed by atoms with Gasteiger partial charge in [0.15, 0.2) is 0 Å². The van der Waals surface area contributed by atoms with Gasteiger partial charge in [-0.05, 0) is 38.1 Å². The maximum Gasteiger partial charge on any atom is 0.237 e. The number of amides is 1. The molecular formula is C14H27N3O2. The summed E-state index contributed by atoms with van der Waals surface area (Å²) in [5.41, 5.74) is 6.08. The molecule has 1 atom stereocenters. The average Bonchev–Trinajstić information content (AvgIpc) is 2.48. The van der Waals surface area contributed by atoms with Gasteiger partial charge in [0.05, 0.1) is 6.04 Å². The van der Waals surface area contributed by atoms with Crippen LogP contribution in [0, 0.1) is 5.92 Å². The van der Waals surface area contributed by atoms with Crippen molar-refractivity contribution in [1.29, 1.82) is 0 Å².